The molecule has 1 heterocycles. The smallest absolute Gasteiger partial charge is 0.241 e. The molecule has 1 amide bonds. The largest absolute Gasteiger partial charge is 0.369 e. The van der Waals surface area contributed by atoms with Crippen LogP contribution in [0.25, 0.3) is 0 Å². The normalized spacial score (nSPS) is 40.1. The zero-order valence-corrected chi connectivity index (χ0v) is 13.8. The monoisotopic (exact) mass is 323 g/mol. The number of carbonyl (C=O) groups is 1. The fraction of sp³-hybridized carbons (Fsp3) is 0.812. The zero-order valence-electron chi connectivity index (χ0n) is 13.1. The highest BCUT2D eigenvalue weighted by Crippen LogP contribution is 2.63. The van der Waals surface area contributed by atoms with Crippen molar-refractivity contribution in [3.8, 4) is 0 Å². The SMILES string of the molecule is CC(C)(C(N)=O)c1nc(C23CC4CC(CC(Cl)(C4)C2)C3)no1. The van der Waals surface area contributed by atoms with Crippen LogP contribution in [0.15, 0.2) is 4.52 Å². The van der Waals surface area contributed by atoms with Crippen LogP contribution in [0, 0.1) is 11.8 Å². The van der Waals surface area contributed by atoms with Gasteiger partial charge in [-0.3, -0.25) is 4.79 Å². The van der Waals surface area contributed by atoms with E-state index in [0.29, 0.717) is 17.7 Å². The highest BCUT2D eigenvalue weighted by atomic mass is 35.5. The van der Waals surface area contributed by atoms with Gasteiger partial charge in [-0.2, -0.15) is 4.98 Å². The average Bonchev–Trinajstić information content (AvgIpc) is 2.86. The molecular weight excluding hydrogens is 302 g/mol. The van der Waals surface area contributed by atoms with E-state index in [-0.39, 0.29) is 10.3 Å². The van der Waals surface area contributed by atoms with Crippen molar-refractivity contribution in [2.24, 2.45) is 17.6 Å². The Hall–Kier alpha value is -1.10. The van der Waals surface area contributed by atoms with E-state index >= 15 is 0 Å². The Kier molecular flexibility index (Phi) is 2.80. The number of alkyl halides is 1. The third-order valence-corrected chi connectivity index (χ3v) is 6.48. The summed E-state index contributed by atoms with van der Waals surface area (Å²) in [5.41, 5.74) is 4.44. The number of nitrogens with zero attached hydrogens (tertiary/aromatic N) is 2. The number of primary amides is 1. The number of halogens is 1. The minimum Gasteiger partial charge on any atom is -0.369 e. The van der Waals surface area contributed by atoms with E-state index in [0.717, 1.165) is 37.9 Å². The summed E-state index contributed by atoms with van der Waals surface area (Å²) in [7, 11) is 0. The summed E-state index contributed by atoms with van der Waals surface area (Å²) in [5, 5.41) is 4.23. The molecule has 1 aromatic heterocycles. The Morgan fingerprint density at radius 3 is 2.50 bits per heavy atom. The summed E-state index contributed by atoms with van der Waals surface area (Å²) >= 11 is 6.86. The minimum atomic E-state index is -0.938. The van der Waals surface area contributed by atoms with E-state index in [9.17, 15) is 4.79 Å². The maximum atomic E-state index is 11.6. The molecule has 5 rings (SSSR count). The van der Waals surface area contributed by atoms with Gasteiger partial charge in [-0.1, -0.05) is 5.16 Å². The molecule has 120 valence electrons. The molecule has 0 radical (unpaired) electrons. The van der Waals surface area contributed by atoms with Crippen LogP contribution in [0.4, 0.5) is 0 Å². The van der Waals surface area contributed by atoms with Crippen LogP contribution >= 0.6 is 11.6 Å². The highest BCUT2D eigenvalue weighted by Gasteiger charge is 2.59. The van der Waals surface area contributed by atoms with Crippen molar-refractivity contribution >= 4 is 17.5 Å². The molecule has 0 aromatic carbocycles. The Morgan fingerprint density at radius 1 is 1.32 bits per heavy atom. The van der Waals surface area contributed by atoms with Crippen molar-refractivity contribution in [2.45, 2.75) is 68.1 Å². The van der Waals surface area contributed by atoms with E-state index in [4.69, 9.17) is 21.9 Å². The van der Waals surface area contributed by atoms with Crippen molar-refractivity contribution in [2.75, 3.05) is 0 Å². The molecule has 0 saturated heterocycles. The highest BCUT2D eigenvalue weighted by molar-refractivity contribution is 6.24. The standard InChI is InChI=1S/C16H22ClN3O2/c1-14(2,11(18)21)13-19-12(20-22-13)15-4-9-3-10(5-15)7-16(17,6-9)8-15/h9-10H,3-8H2,1-2H3,(H2,18,21). The lowest BCUT2D eigenvalue weighted by atomic mass is 9.49. The van der Waals surface area contributed by atoms with Crippen molar-refractivity contribution in [3.63, 3.8) is 0 Å². The molecule has 4 aliphatic carbocycles. The van der Waals surface area contributed by atoms with Gasteiger partial charge in [-0.05, 0) is 64.2 Å². The first-order valence-electron chi connectivity index (χ1n) is 8.06. The second kappa shape index (κ2) is 4.25. The van der Waals surface area contributed by atoms with E-state index in [1.165, 1.54) is 6.42 Å². The summed E-state index contributed by atoms with van der Waals surface area (Å²) in [6, 6.07) is 0. The average molecular weight is 324 g/mol. The first-order valence-corrected chi connectivity index (χ1v) is 8.44. The van der Waals surface area contributed by atoms with Crippen molar-refractivity contribution in [1.29, 1.82) is 0 Å². The molecule has 6 heteroatoms. The fourth-order valence-electron chi connectivity index (χ4n) is 5.21. The van der Waals surface area contributed by atoms with Crippen LogP contribution in [-0.4, -0.2) is 20.9 Å². The second-order valence-electron chi connectivity index (χ2n) is 8.30. The second-order valence-corrected chi connectivity index (χ2v) is 9.11. The van der Waals surface area contributed by atoms with E-state index in [2.05, 4.69) is 10.1 Å². The van der Waals surface area contributed by atoms with E-state index in [1.807, 2.05) is 0 Å². The van der Waals surface area contributed by atoms with E-state index in [1.54, 1.807) is 13.8 Å². The van der Waals surface area contributed by atoms with Gasteiger partial charge in [0.2, 0.25) is 11.8 Å². The van der Waals surface area contributed by atoms with Crippen molar-refractivity contribution in [3.05, 3.63) is 11.7 Å². The first kappa shape index (κ1) is 14.5. The van der Waals surface area contributed by atoms with Gasteiger partial charge in [0.25, 0.3) is 0 Å². The van der Waals surface area contributed by atoms with Crippen molar-refractivity contribution < 1.29 is 9.32 Å². The Labute approximate surface area is 135 Å². The van der Waals surface area contributed by atoms with Crippen LogP contribution in [0.2, 0.25) is 0 Å². The number of hydrogen-bond acceptors (Lipinski definition) is 4. The molecular formula is C16H22ClN3O2. The van der Waals surface area contributed by atoms with Gasteiger partial charge in [0.1, 0.15) is 5.41 Å². The Bertz CT molecular complexity index is 625. The Morgan fingerprint density at radius 2 is 1.95 bits per heavy atom. The van der Waals surface area contributed by atoms with Gasteiger partial charge in [0.05, 0.1) is 0 Å². The number of carbonyl (C=O) groups excluding carboxylic acids is 1. The van der Waals surface area contributed by atoms with Gasteiger partial charge in [0, 0.05) is 10.3 Å². The van der Waals surface area contributed by atoms with Gasteiger partial charge in [-0.25, -0.2) is 0 Å². The quantitative estimate of drug-likeness (QED) is 0.867. The van der Waals surface area contributed by atoms with Gasteiger partial charge >= 0.3 is 0 Å². The lowest BCUT2D eigenvalue weighted by Gasteiger charge is -2.58. The predicted molar refractivity (Wildman–Crippen MR) is 81.5 cm³/mol. The molecule has 5 nitrogen and oxygen atoms in total. The predicted octanol–water partition coefficient (Wildman–Crippen LogP) is 2.66. The third kappa shape index (κ3) is 1.94. The number of rotatable bonds is 3. The molecule has 0 aliphatic heterocycles. The fourth-order valence-corrected chi connectivity index (χ4v) is 5.90. The van der Waals surface area contributed by atoms with Gasteiger partial charge < -0.3 is 10.3 Å². The molecule has 4 saturated carbocycles. The molecule has 2 N–H and O–H groups in total. The molecule has 0 spiro atoms. The number of hydrogen-bond donors (Lipinski definition) is 1. The van der Waals surface area contributed by atoms with Crippen LogP contribution in [0.1, 0.15) is 64.1 Å². The van der Waals surface area contributed by atoms with Gasteiger partial charge in [0.15, 0.2) is 5.82 Å². The number of aromatic nitrogens is 2. The molecule has 22 heavy (non-hydrogen) atoms. The van der Waals surface area contributed by atoms with Crippen molar-refractivity contribution in [1.82, 2.24) is 10.1 Å². The molecule has 1 aromatic rings. The lowest BCUT2D eigenvalue weighted by Crippen LogP contribution is -2.55. The topological polar surface area (TPSA) is 82.0 Å². The third-order valence-electron chi connectivity index (χ3n) is 6.04. The molecule has 4 bridgehead atoms. The summed E-state index contributed by atoms with van der Waals surface area (Å²) in [6.07, 6.45) is 6.62. The number of amides is 1. The van der Waals surface area contributed by atoms with Crippen LogP contribution in [-0.2, 0) is 15.6 Å². The minimum absolute atomic E-state index is 0.0681. The molecule has 2 atom stereocenters. The lowest BCUT2D eigenvalue weighted by molar-refractivity contribution is -0.123. The first-order chi connectivity index (χ1) is 10.2. The summed E-state index contributed by atoms with van der Waals surface area (Å²) in [4.78, 5) is 16.1. The maximum Gasteiger partial charge on any atom is 0.241 e. The van der Waals surface area contributed by atoms with Crippen LogP contribution < -0.4 is 5.73 Å². The van der Waals surface area contributed by atoms with Gasteiger partial charge in [-0.15, -0.1) is 11.6 Å². The van der Waals surface area contributed by atoms with Crippen LogP contribution in [0.3, 0.4) is 0 Å². The molecule has 4 fully saturated rings. The summed E-state index contributed by atoms with van der Waals surface area (Å²) in [6.45, 7) is 3.44. The Balaban J connectivity index is 1.71. The summed E-state index contributed by atoms with van der Waals surface area (Å²) < 4.78 is 5.41. The zero-order chi connectivity index (χ0) is 15.8. The summed E-state index contributed by atoms with van der Waals surface area (Å²) in [5.74, 6) is 1.93. The van der Waals surface area contributed by atoms with E-state index < -0.39 is 11.3 Å². The molecule has 4 aliphatic rings. The number of nitrogens with two attached hydrogens (primary N) is 1. The maximum absolute atomic E-state index is 11.6. The molecule has 2 unspecified atom stereocenters. The van der Waals surface area contributed by atoms with Crippen LogP contribution in [0.5, 0.6) is 0 Å².